The third kappa shape index (κ3) is 3.10. The van der Waals surface area contributed by atoms with Gasteiger partial charge in [0.15, 0.2) is 5.78 Å². The fraction of sp³-hybridized carbons (Fsp3) is 0.364. The number of nitrogens with one attached hydrogen (secondary N) is 1. The number of rotatable bonds is 3. The molecule has 1 aliphatic carbocycles. The van der Waals surface area contributed by atoms with Gasteiger partial charge in [0.25, 0.3) is 0 Å². The first-order valence-electron chi connectivity index (χ1n) is 9.33. The van der Waals surface area contributed by atoms with Crippen LogP contribution in [0.3, 0.4) is 0 Å². The van der Waals surface area contributed by atoms with Crippen molar-refractivity contribution >= 4 is 11.6 Å². The molecule has 3 nitrogen and oxygen atoms in total. The number of Topliss-reactive ketones (excluding diaryl/α,β-unsaturated/α-hetero) is 2. The van der Waals surface area contributed by atoms with Gasteiger partial charge in [-0.15, -0.1) is 0 Å². The zero-order valence-corrected chi connectivity index (χ0v) is 14.9. The van der Waals surface area contributed by atoms with Crippen molar-refractivity contribution in [2.24, 2.45) is 5.92 Å². The number of carbonyl (C=O) groups excluding carboxylic acids is 2. The van der Waals surface area contributed by atoms with Crippen LogP contribution in [0.1, 0.15) is 40.7 Å². The summed E-state index contributed by atoms with van der Waals surface area (Å²) in [6.45, 7) is 1.20. The Morgan fingerprint density at radius 3 is 2.52 bits per heavy atom. The van der Waals surface area contributed by atoms with E-state index >= 15 is 0 Å². The first-order chi connectivity index (χ1) is 13.0. The highest BCUT2D eigenvalue weighted by Gasteiger charge is 2.50. The van der Waals surface area contributed by atoms with Crippen molar-refractivity contribution in [2.45, 2.75) is 31.1 Å². The van der Waals surface area contributed by atoms with Crippen LogP contribution in [-0.2, 0) is 16.6 Å². The molecule has 5 heteroatoms. The molecule has 1 fully saturated rings. The fourth-order valence-corrected chi connectivity index (χ4v) is 4.68. The molecule has 1 saturated heterocycles. The van der Waals surface area contributed by atoms with E-state index in [-0.39, 0.29) is 24.4 Å². The van der Waals surface area contributed by atoms with Gasteiger partial charge in [-0.05, 0) is 44.0 Å². The first kappa shape index (κ1) is 18.0. The monoisotopic (exact) mass is 369 g/mol. The Kier molecular flexibility index (Phi) is 4.64. The van der Waals surface area contributed by atoms with Gasteiger partial charge in [0.1, 0.15) is 17.4 Å². The van der Waals surface area contributed by atoms with Gasteiger partial charge in [-0.25, -0.2) is 8.78 Å². The maximum Gasteiger partial charge on any atom is 0.163 e. The average Bonchev–Trinajstić information content (AvgIpc) is 2.67. The summed E-state index contributed by atoms with van der Waals surface area (Å²) in [4.78, 5) is 26.1. The number of ketones is 2. The molecule has 2 aromatic rings. The smallest absolute Gasteiger partial charge is 0.163 e. The van der Waals surface area contributed by atoms with Crippen molar-refractivity contribution in [2.75, 3.05) is 13.1 Å². The summed E-state index contributed by atoms with van der Waals surface area (Å²) < 4.78 is 28.6. The molecule has 1 spiro atoms. The Hall–Kier alpha value is -2.40. The predicted molar refractivity (Wildman–Crippen MR) is 97.7 cm³/mol. The van der Waals surface area contributed by atoms with Gasteiger partial charge in [-0.1, -0.05) is 30.3 Å². The summed E-state index contributed by atoms with van der Waals surface area (Å²) in [6, 6.07) is 11.0. The molecular formula is C22H21F2NO2. The highest BCUT2D eigenvalue weighted by Crippen LogP contribution is 2.45. The second kappa shape index (κ2) is 6.97. The molecule has 140 valence electrons. The lowest BCUT2D eigenvalue weighted by Gasteiger charge is -2.43. The lowest BCUT2D eigenvalue weighted by atomic mass is 9.60. The highest BCUT2D eigenvalue weighted by molar-refractivity contribution is 6.02. The predicted octanol–water partition coefficient (Wildman–Crippen LogP) is 3.60. The number of benzene rings is 2. The van der Waals surface area contributed by atoms with E-state index in [2.05, 4.69) is 5.32 Å². The van der Waals surface area contributed by atoms with E-state index in [1.807, 2.05) is 6.07 Å². The second-order valence-corrected chi connectivity index (χ2v) is 7.51. The van der Waals surface area contributed by atoms with Gasteiger partial charge in [-0.2, -0.15) is 0 Å². The number of piperidine rings is 1. The SMILES string of the molecule is O=C(CC1Cc2cc(F)cc(F)c2C2(CCNCC2)C1=O)c1ccccc1. The summed E-state index contributed by atoms with van der Waals surface area (Å²) in [5.41, 5.74) is 0.470. The summed E-state index contributed by atoms with van der Waals surface area (Å²) >= 11 is 0. The van der Waals surface area contributed by atoms with Crippen molar-refractivity contribution in [1.82, 2.24) is 5.32 Å². The maximum absolute atomic E-state index is 14.7. The molecule has 1 unspecified atom stereocenters. The van der Waals surface area contributed by atoms with E-state index in [1.165, 1.54) is 6.07 Å². The zero-order valence-electron chi connectivity index (χ0n) is 14.9. The van der Waals surface area contributed by atoms with Crippen LogP contribution in [0.25, 0.3) is 0 Å². The molecule has 2 aromatic carbocycles. The molecule has 1 heterocycles. The van der Waals surface area contributed by atoms with Gasteiger partial charge in [0, 0.05) is 29.5 Å². The molecular weight excluding hydrogens is 348 g/mol. The highest BCUT2D eigenvalue weighted by atomic mass is 19.1. The van der Waals surface area contributed by atoms with Crippen LogP contribution >= 0.6 is 0 Å². The fourth-order valence-electron chi connectivity index (χ4n) is 4.68. The van der Waals surface area contributed by atoms with Crippen molar-refractivity contribution in [3.05, 3.63) is 70.8 Å². The van der Waals surface area contributed by atoms with Crippen molar-refractivity contribution in [1.29, 1.82) is 0 Å². The first-order valence-corrected chi connectivity index (χ1v) is 9.33. The minimum absolute atomic E-state index is 0.0651. The Balaban J connectivity index is 1.73. The van der Waals surface area contributed by atoms with Crippen molar-refractivity contribution in [3.8, 4) is 0 Å². The van der Waals surface area contributed by atoms with Crippen LogP contribution in [0.4, 0.5) is 8.78 Å². The van der Waals surface area contributed by atoms with Crippen LogP contribution < -0.4 is 5.32 Å². The van der Waals surface area contributed by atoms with Gasteiger partial charge in [0.05, 0.1) is 5.41 Å². The van der Waals surface area contributed by atoms with E-state index in [1.54, 1.807) is 24.3 Å². The van der Waals surface area contributed by atoms with E-state index in [0.29, 0.717) is 42.6 Å². The largest absolute Gasteiger partial charge is 0.317 e. The molecule has 4 rings (SSSR count). The molecule has 1 atom stereocenters. The minimum Gasteiger partial charge on any atom is -0.317 e. The summed E-state index contributed by atoms with van der Waals surface area (Å²) in [6.07, 6.45) is 1.21. The number of carbonyl (C=O) groups is 2. The normalized spacial score (nSPS) is 21.1. The maximum atomic E-state index is 14.7. The lowest BCUT2D eigenvalue weighted by molar-refractivity contribution is -0.130. The minimum atomic E-state index is -0.960. The quantitative estimate of drug-likeness (QED) is 0.841. The molecule has 1 aliphatic heterocycles. The van der Waals surface area contributed by atoms with Crippen LogP contribution in [0, 0.1) is 17.6 Å². The Labute approximate surface area is 156 Å². The standard InChI is InChI=1S/C22H21F2NO2/c23-17-11-15-10-16(12-19(26)14-4-2-1-3-5-14)21(27)22(6-8-25-9-7-22)20(15)18(24)13-17/h1-5,11,13,16,25H,6-10,12H2. The van der Waals surface area contributed by atoms with E-state index in [9.17, 15) is 18.4 Å². The van der Waals surface area contributed by atoms with E-state index in [0.717, 1.165) is 6.07 Å². The molecule has 0 radical (unpaired) electrons. The van der Waals surface area contributed by atoms with Gasteiger partial charge < -0.3 is 5.32 Å². The van der Waals surface area contributed by atoms with Crippen molar-refractivity contribution in [3.63, 3.8) is 0 Å². The lowest BCUT2D eigenvalue weighted by Crippen LogP contribution is -2.52. The molecule has 0 aromatic heterocycles. The molecule has 0 amide bonds. The van der Waals surface area contributed by atoms with Crippen LogP contribution in [0.2, 0.25) is 0 Å². The average molecular weight is 369 g/mol. The Morgan fingerprint density at radius 2 is 1.81 bits per heavy atom. The number of hydrogen-bond acceptors (Lipinski definition) is 3. The van der Waals surface area contributed by atoms with Crippen molar-refractivity contribution < 1.29 is 18.4 Å². The van der Waals surface area contributed by atoms with Gasteiger partial charge in [-0.3, -0.25) is 9.59 Å². The van der Waals surface area contributed by atoms with E-state index in [4.69, 9.17) is 0 Å². The van der Waals surface area contributed by atoms with E-state index < -0.39 is 23.0 Å². The molecule has 2 aliphatic rings. The number of halogens is 2. The molecule has 0 saturated carbocycles. The Bertz CT molecular complexity index is 889. The molecule has 0 bridgehead atoms. The summed E-state index contributed by atoms with van der Waals surface area (Å²) in [5, 5.41) is 3.20. The molecule has 27 heavy (non-hydrogen) atoms. The third-order valence-corrected chi connectivity index (χ3v) is 5.91. The summed E-state index contributed by atoms with van der Waals surface area (Å²) in [5.74, 6) is -2.03. The molecule has 1 N–H and O–H groups in total. The number of hydrogen-bond donors (Lipinski definition) is 1. The second-order valence-electron chi connectivity index (χ2n) is 7.51. The van der Waals surface area contributed by atoms with Gasteiger partial charge in [0.2, 0.25) is 0 Å². The zero-order chi connectivity index (χ0) is 19.0. The van der Waals surface area contributed by atoms with Crippen LogP contribution in [0.15, 0.2) is 42.5 Å². The van der Waals surface area contributed by atoms with Crippen LogP contribution in [-0.4, -0.2) is 24.7 Å². The Morgan fingerprint density at radius 1 is 1.11 bits per heavy atom. The third-order valence-electron chi connectivity index (χ3n) is 5.91. The van der Waals surface area contributed by atoms with Crippen LogP contribution in [0.5, 0.6) is 0 Å². The van der Waals surface area contributed by atoms with Gasteiger partial charge >= 0.3 is 0 Å². The number of fused-ring (bicyclic) bond motifs is 2. The summed E-state index contributed by atoms with van der Waals surface area (Å²) in [7, 11) is 0. The topological polar surface area (TPSA) is 46.2 Å².